The lowest BCUT2D eigenvalue weighted by molar-refractivity contribution is -0.144. The Morgan fingerprint density at radius 3 is 2.41 bits per heavy atom. The third-order valence-electron chi connectivity index (χ3n) is 2.97. The Hall–Kier alpha value is -0.570. The average molecular weight is 243 g/mol. The van der Waals surface area contributed by atoms with E-state index in [-0.39, 0.29) is 11.5 Å². The topological polar surface area (TPSA) is 38.3 Å². The summed E-state index contributed by atoms with van der Waals surface area (Å²) in [7, 11) is 0. The van der Waals surface area contributed by atoms with E-state index in [2.05, 4.69) is 26.1 Å². The highest BCUT2D eigenvalue weighted by atomic mass is 16.5. The van der Waals surface area contributed by atoms with Crippen LogP contribution >= 0.6 is 0 Å². The fraction of sp³-hybridized carbons (Fsp3) is 0.929. The predicted octanol–water partition coefficient (Wildman–Crippen LogP) is 3.28. The summed E-state index contributed by atoms with van der Waals surface area (Å²) in [5, 5.41) is 3.49. The number of carbonyl (C=O) groups is 1. The third kappa shape index (κ3) is 8.19. The zero-order valence-corrected chi connectivity index (χ0v) is 12.0. The maximum absolute atomic E-state index is 11.6. The van der Waals surface area contributed by atoms with Gasteiger partial charge in [-0.1, -0.05) is 33.1 Å². The molecule has 0 rings (SSSR count). The molecule has 1 atom stereocenters. The Labute approximate surface area is 106 Å². The minimum absolute atomic E-state index is 0.0879. The van der Waals surface area contributed by atoms with Crippen LogP contribution < -0.4 is 5.32 Å². The number of esters is 1. The van der Waals surface area contributed by atoms with Gasteiger partial charge in [0, 0.05) is 5.54 Å². The zero-order valence-electron chi connectivity index (χ0n) is 12.0. The van der Waals surface area contributed by atoms with E-state index in [1.54, 1.807) is 0 Å². The number of carbonyl (C=O) groups excluding carboxylic acids is 1. The molecule has 0 saturated heterocycles. The van der Waals surface area contributed by atoms with E-state index in [1.165, 1.54) is 19.3 Å². The molecule has 0 aromatic heterocycles. The zero-order chi connectivity index (χ0) is 13.1. The standard InChI is InChI=1S/C14H29NO2/c1-5-8-9-10-14(4,15-11-6-2)12-13(16)17-7-3/h15H,5-12H2,1-4H3. The largest absolute Gasteiger partial charge is 0.466 e. The fourth-order valence-electron chi connectivity index (χ4n) is 1.96. The molecule has 3 nitrogen and oxygen atoms in total. The van der Waals surface area contributed by atoms with Crippen molar-refractivity contribution >= 4 is 5.97 Å². The van der Waals surface area contributed by atoms with Gasteiger partial charge in [0.25, 0.3) is 0 Å². The van der Waals surface area contributed by atoms with Crippen molar-refractivity contribution in [2.24, 2.45) is 0 Å². The number of hydrogen-bond acceptors (Lipinski definition) is 3. The molecular formula is C14H29NO2. The minimum Gasteiger partial charge on any atom is -0.466 e. The van der Waals surface area contributed by atoms with Gasteiger partial charge in [0.2, 0.25) is 0 Å². The van der Waals surface area contributed by atoms with Crippen LogP contribution in [-0.4, -0.2) is 24.7 Å². The Morgan fingerprint density at radius 1 is 1.18 bits per heavy atom. The van der Waals surface area contributed by atoms with Crippen LogP contribution in [0.25, 0.3) is 0 Å². The molecule has 1 N–H and O–H groups in total. The lowest BCUT2D eigenvalue weighted by Gasteiger charge is -2.30. The SMILES string of the molecule is CCCCCC(C)(CC(=O)OCC)NCCC. The minimum atomic E-state index is -0.0998. The van der Waals surface area contributed by atoms with Gasteiger partial charge in [0.1, 0.15) is 0 Å². The molecule has 17 heavy (non-hydrogen) atoms. The lowest BCUT2D eigenvalue weighted by atomic mass is 9.90. The summed E-state index contributed by atoms with van der Waals surface area (Å²) in [6.07, 6.45) is 6.22. The number of ether oxygens (including phenoxy) is 1. The van der Waals surface area contributed by atoms with Crippen molar-refractivity contribution in [3.8, 4) is 0 Å². The molecule has 3 heteroatoms. The molecule has 0 spiro atoms. The van der Waals surface area contributed by atoms with Gasteiger partial charge in [-0.3, -0.25) is 4.79 Å². The van der Waals surface area contributed by atoms with Crippen molar-refractivity contribution in [1.82, 2.24) is 5.32 Å². The molecule has 0 heterocycles. The van der Waals surface area contributed by atoms with Crippen LogP contribution in [0.2, 0.25) is 0 Å². The monoisotopic (exact) mass is 243 g/mol. The van der Waals surface area contributed by atoms with Crippen LogP contribution in [0.1, 0.15) is 66.2 Å². The van der Waals surface area contributed by atoms with Gasteiger partial charge < -0.3 is 10.1 Å². The van der Waals surface area contributed by atoms with Crippen molar-refractivity contribution in [3.63, 3.8) is 0 Å². The second kappa shape index (κ2) is 9.46. The first kappa shape index (κ1) is 16.4. The Kier molecular flexibility index (Phi) is 9.14. The first-order valence-electron chi connectivity index (χ1n) is 6.98. The molecule has 0 aromatic carbocycles. The van der Waals surface area contributed by atoms with E-state index in [9.17, 15) is 4.79 Å². The van der Waals surface area contributed by atoms with Gasteiger partial charge in [0.05, 0.1) is 13.0 Å². The van der Waals surface area contributed by atoms with Crippen molar-refractivity contribution in [1.29, 1.82) is 0 Å². The molecule has 0 radical (unpaired) electrons. The summed E-state index contributed by atoms with van der Waals surface area (Å²) in [5.74, 6) is -0.0879. The van der Waals surface area contributed by atoms with Crippen molar-refractivity contribution in [3.05, 3.63) is 0 Å². The third-order valence-corrected chi connectivity index (χ3v) is 2.97. The Bertz CT molecular complexity index is 206. The summed E-state index contributed by atoms with van der Waals surface area (Å²) in [6, 6.07) is 0. The van der Waals surface area contributed by atoms with Crippen molar-refractivity contribution < 1.29 is 9.53 Å². The predicted molar refractivity (Wildman–Crippen MR) is 72.1 cm³/mol. The quantitative estimate of drug-likeness (QED) is 0.473. The molecule has 0 aromatic rings. The number of unbranched alkanes of at least 4 members (excludes halogenated alkanes) is 2. The molecule has 0 bridgehead atoms. The van der Waals surface area contributed by atoms with Gasteiger partial charge in [-0.15, -0.1) is 0 Å². The van der Waals surface area contributed by atoms with Gasteiger partial charge in [-0.05, 0) is 33.2 Å². The van der Waals surface area contributed by atoms with Crippen LogP contribution in [0.5, 0.6) is 0 Å². The van der Waals surface area contributed by atoms with Crippen LogP contribution in [-0.2, 0) is 9.53 Å². The Morgan fingerprint density at radius 2 is 1.88 bits per heavy atom. The average Bonchev–Trinajstić information content (AvgIpc) is 2.27. The van der Waals surface area contributed by atoms with E-state index in [0.29, 0.717) is 13.0 Å². The first-order valence-corrected chi connectivity index (χ1v) is 6.98. The van der Waals surface area contributed by atoms with Crippen molar-refractivity contribution in [2.75, 3.05) is 13.2 Å². The summed E-state index contributed by atoms with van der Waals surface area (Å²) >= 11 is 0. The van der Waals surface area contributed by atoms with Gasteiger partial charge in [-0.2, -0.15) is 0 Å². The highest BCUT2D eigenvalue weighted by Crippen LogP contribution is 2.19. The smallest absolute Gasteiger partial charge is 0.307 e. The van der Waals surface area contributed by atoms with Crippen LogP contribution in [0.4, 0.5) is 0 Å². The molecule has 0 aliphatic rings. The summed E-state index contributed by atoms with van der Waals surface area (Å²) in [4.78, 5) is 11.6. The van der Waals surface area contributed by atoms with Crippen LogP contribution in [0.3, 0.4) is 0 Å². The Balaban J connectivity index is 4.21. The van der Waals surface area contributed by atoms with Crippen LogP contribution in [0, 0.1) is 0 Å². The van der Waals surface area contributed by atoms with E-state index >= 15 is 0 Å². The second-order valence-electron chi connectivity index (χ2n) is 4.93. The fourth-order valence-corrected chi connectivity index (χ4v) is 1.96. The van der Waals surface area contributed by atoms with Gasteiger partial charge in [0.15, 0.2) is 0 Å². The van der Waals surface area contributed by atoms with E-state index in [4.69, 9.17) is 4.74 Å². The highest BCUT2D eigenvalue weighted by Gasteiger charge is 2.26. The maximum atomic E-state index is 11.6. The molecule has 102 valence electrons. The number of hydrogen-bond donors (Lipinski definition) is 1. The van der Waals surface area contributed by atoms with Crippen molar-refractivity contribution in [2.45, 2.75) is 71.8 Å². The molecule has 0 aliphatic heterocycles. The molecule has 0 amide bonds. The van der Waals surface area contributed by atoms with Crippen LogP contribution in [0.15, 0.2) is 0 Å². The number of rotatable bonds is 10. The number of nitrogens with one attached hydrogen (secondary N) is 1. The maximum Gasteiger partial charge on any atom is 0.307 e. The highest BCUT2D eigenvalue weighted by molar-refractivity contribution is 5.70. The summed E-state index contributed by atoms with van der Waals surface area (Å²) in [5.41, 5.74) is -0.0998. The van der Waals surface area contributed by atoms with Gasteiger partial charge in [-0.25, -0.2) is 0 Å². The first-order chi connectivity index (χ1) is 8.08. The molecule has 0 saturated carbocycles. The molecule has 1 unspecified atom stereocenters. The molecular weight excluding hydrogens is 214 g/mol. The molecule has 0 fully saturated rings. The summed E-state index contributed by atoms with van der Waals surface area (Å²) < 4.78 is 5.04. The second-order valence-corrected chi connectivity index (χ2v) is 4.93. The van der Waals surface area contributed by atoms with Gasteiger partial charge >= 0.3 is 5.97 Å². The van der Waals surface area contributed by atoms with E-state index < -0.39 is 0 Å². The van der Waals surface area contributed by atoms with E-state index in [1.807, 2.05) is 6.92 Å². The van der Waals surface area contributed by atoms with E-state index in [0.717, 1.165) is 19.4 Å². The summed E-state index contributed by atoms with van der Waals surface area (Å²) in [6.45, 7) is 9.76. The lowest BCUT2D eigenvalue weighted by Crippen LogP contribution is -2.44. The molecule has 0 aliphatic carbocycles. The normalized spacial score (nSPS) is 14.4.